The average molecular weight is 267 g/mol. The Kier molecular flexibility index (Phi) is 5.18. The molecule has 0 heterocycles. The highest BCUT2D eigenvalue weighted by atomic mass is 16.5. The molecule has 0 aromatic heterocycles. The van der Waals surface area contributed by atoms with Gasteiger partial charge in [-0.2, -0.15) is 0 Å². The highest BCUT2D eigenvalue weighted by Gasteiger charge is 2.14. The summed E-state index contributed by atoms with van der Waals surface area (Å²) in [7, 11) is 4.27. The molecule has 1 aromatic rings. The number of ether oxygens (including phenoxy) is 1. The van der Waals surface area contributed by atoms with Gasteiger partial charge in [0.05, 0.1) is 33.8 Å². The van der Waals surface area contributed by atoms with E-state index in [-0.39, 0.29) is 11.3 Å². The Bertz CT molecular complexity index is 444. The molecule has 5 nitrogen and oxygen atoms in total. The monoisotopic (exact) mass is 267 g/mol. The lowest BCUT2D eigenvalue weighted by molar-refractivity contribution is -0.888. The maximum Gasteiger partial charge on any atom is 0.341 e. The minimum Gasteiger partial charge on any atom is -0.507 e. The van der Waals surface area contributed by atoms with Crippen molar-refractivity contribution in [3.05, 3.63) is 23.8 Å². The van der Waals surface area contributed by atoms with Crippen molar-refractivity contribution >= 4 is 11.7 Å². The lowest BCUT2D eigenvalue weighted by Gasteiger charge is -2.27. The number of nitrogen functional groups attached to an aromatic ring is 1. The van der Waals surface area contributed by atoms with Crippen LogP contribution < -0.4 is 5.73 Å². The normalized spacial score (nSPS) is 11.3. The van der Waals surface area contributed by atoms with E-state index in [2.05, 4.69) is 21.0 Å². The summed E-state index contributed by atoms with van der Waals surface area (Å²) in [4.78, 5) is 11.7. The number of hydrogen-bond donors (Lipinski definition) is 2. The van der Waals surface area contributed by atoms with Gasteiger partial charge >= 0.3 is 5.97 Å². The second kappa shape index (κ2) is 6.43. The molecule has 0 bridgehead atoms. The van der Waals surface area contributed by atoms with Crippen molar-refractivity contribution in [3.63, 3.8) is 0 Å². The van der Waals surface area contributed by atoms with Crippen LogP contribution in [-0.4, -0.2) is 49.4 Å². The van der Waals surface area contributed by atoms with Gasteiger partial charge in [-0.15, -0.1) is 0 Å². The summed E-state index contributed by atoms with van der Waals surface area (Å²) in [5.41, 5.74) is 6.06. The quantitative estimate of drug-likeness (QED) is 0.355. The Hall–Kier alpha value is -1.75. The summed E-state index contributed by atoms with van der Waals surface area (Å²) in [6.45, 7) is 4.45. The number of benzene rings is 1. The summed E-state index contributed by atoms with van der Waals surface area (Å²) in [6, 6.07) is 4.38. The molecule has 0 saturated carbocycles. The van der Waals surface area contributed by atoms with Crippen molar-refractivity contribution in [3.8, 4) is 5.75 Å². The number of esters is 1. The number of nitrogens with two attached hydrogens (primary N) is 1. The molecule has 0 atom stereocenters. The molecule has 0 aliphatic heterocycles. The largest absolute Gasteiger partial charge is 0.507 e. The fraction of sp³-hybridized carbons (Fsp3) is 0.500. The van der Waals surface area contributed by atoms with Crippen LogP contribution in [0.5, 0.6) is 5.75 Å². The van der Waals surface area contributed by atoms with Crippen molar-refractivity contribution in [2.24, 2.45) is 0 Å². The number of carbonyl (C=O) groups excluding carboxylic acids is 1. The minimum absolute atomic E-state index is 0.144. The maximum absolute atomic E-state index is 11.7. The predicted octanol–water partition coefficient (Wildman–Crippen LogP) is 1.62. The van der Waals surface area contributed by atoms with Crippen molar-refractivity contribution in [2.75, 3.05) is 39.5 Å². The number of aromatic hydroxyl groups is 1. The third-order valence-electron chi connectivity index (χ3n) is 3.24. The van der Waals surface area contributed by atoms with Gasteiger partial charge in [-0.3, -0.25) is 0 Å². The standard InChI is InChI=1S/C14H22N2O3/c1-4-16(2,3)8-5-9-19-14(18)12-7-6-11(15)10-13(12)17/h6-7,10H,4-5,8-9H2,1-3H3,(H2-,15,17,18)/p+1. The fourth-order valence-corrected chi connectivity index (χ4v) is 1.61. The second-order valence-corrected chi connectivity index (χ2v) is 5.24. The SMILES string of the molecule is CC[N+](C)(C)CCCOC(=O)c1ccc(N)cc1O. The molecule has 106 valence electrons. The van der Waals surface area contributed by atoms with E-state index in [1.165, 1.54) is 12.1 Å². The van der Waals surface area contributed by atoms with Gasteiger partial charge in [0.25, 0.3) is 0 Å². The van der Waals surface area contributed by atoms with E-state index in [1.807, 2.05) is 0 Å². The molecule has 3 N–H and O–H groups in total. The molecular formula is C14H23N2O3+. The van der Waals surface area contributed by atoms with Crippen LogP contribution in [0.2, 0.25) is 0 Å². The van der Waals surface area contributed by atoms with Gasteiger partial charge in [-0.05, 0) is 19.1 Å². The number of phenolic OH excluding ortho intramolecular Hbond substituents is 1. The second-order valence-electron chi connectivity index (χ2n) is 5.24. The molecule has 1 rings (SSSR count). The van der Waals surface area contributed by atoms with E-state index < -0.39 is 5.97 Å². The van der Waals surface area contributed by atoms with Crippen LogP contribution >= 0.6 is 0 Å². The molecule has 0 aliphatic rings. The fourth-order valence-electron chi connectivity index (χ4n) is 1.61. The summed E-state index contributed by atoms with van der Waals surface area (Å²) in [5, 5.41) is 9.60. The predicted molar refractivity (Wildman–Crippen MR) is 74.9 cm³/mol. The molecule has 0 saturated heterocycles. The Balaban J connectivity index is 2.44. The lowest BCUT2D eigenvalue weighted by atomic mass is 10.2. The molecule has 5 heteroatoms. The Labute approximate surface area is 114 Å². The van der Waals surface area contributed by atoms with Crippen LogP contribution in [0.25, 0.3) is 0 Å². The molecule has 0 unspecified atom stereocenters. The number of carbonyl (C=O) groups is 1. The van der Waals surface area contributed by atoms with E-state index >= 15 is 0 Å². The van der Waals surface area contributed by atoms with E-state index in [9.17, 15) is 9.90 Å². The Morgan fingerprint density at radius 1 is 1.42 bits per heavy atom. The highest BCUT2D eigenvalue weighted by molar-refractivity contribution is 5.92. The van der Waals surface area contributed by atoms with E-state index in [4.69, 9.17) is 10.5 Å². The first-order valence-corrected chi connectivity index (χ1v) is 6.43. The summed E-state index contributed by atoms with van der Waals surface area (Å²) >= 11 is 0. The number of phenols is 1. The average Bonchev–Trinajstić information content (AvgIpc) is 2.34. The first-order chi connectivity index (χ1) is 8.85. The van der Waals surface area contributed by atoms with E-state index in [0.29, 0.717) is 12.3 Å². The highest BCUT2D eigenvalue weighted by Crippen LogP contribution is 2.20. The van der Waals surface area contributed by atoms with Crippen LogP contribution in [0.4, 0.5) is 5.69 Å². The van der Waals surface area contributed by atoms with E-state index in [1.54, 1.807) is 6.07 Å². The van der Waals surface area contributed by atoms with Gasteiger partial charge in [0.15, 0.2) is 0 Å². The van der Waals surface area contributed by atoms with Gasteiger partial charge in [0, 0.05) is 18.2 Å². The van der Waals surface area contributed by atoms with Crippen molar-refractivity contribution in [2.45, 2.75) is 13.3 Å². The number of nitrogens with zero attached hydrogens (tertiary/aromatic N) is 1. The van der Waals surface area contributed by atoms with Gasteiger partial charge in [-0.1, -0.05) is 0 Å². The van der Waals surface area contributed by atoms with Crippen LogP contribution in [-0.2, 0) is 4.74 Å². The van der Waals surface area contributed by atoms with Gasteiger partial charge < -0.3 is 20.1 Å². The maximum atomic E-state index is 11.7. The molecule has 19 heavy (non-hydrogen) atoms. The van der Waals surface area contributed by atoms with Gasteiger partial charge in [0.1, 0.15) is 11.3 Å². The van der Waals surface area contributed by atoms with Crippen LogP contribution in [0.1, 0.15) is 23.7 Å². The number of quaternary nitrogens is 1. The zero-order valence-corrected chi connectivity index (χ0v) is 11.8. The molecule has 0 amide bonds. The van der Waals surface area contributed by atoms with Crippen LogP contribution in [0, 0.1) is 0 Å². The van der Waals surface area contributed by atoms with E-state index in [0.717, 1.165) is 24.0 Å². The molecular weight excluding hydrogens is 244 g/mol. The minimum atomic E-state index is -0.515. The molecule has 0 fully saturated rings. The Morgan fingerprint density at radius 2 is 2.11 bits per heavy atom. The van der Waals surface area contributed by atoms with Gasteiger partial charge in [-0.25, -0.2) is 4.79 Å². The number of hydrogen-bond acceptors (Lipinski definition) is 4. The first-order valence-electron chi connectivity index (χ1n) is 6.43. The molecule has 0 aliphatic carbocycles. The third kappa shape index (κ3) is 4.79. The molecule has 0 radical (unpaired) electrons. The molecule has 0 spiro atoms. The summed E-state index contributed by atoms with van der Waals surface area (Å²) in [5.74, 6) is -0.658. The van der Waals surface area contributed by atoms with Crippen molar-refractivity contribution < 1.29 is 19.1 Å². The van der Waals surface area contributed by atoms with Gasteiger partial charge in [0.2, 0.25) is 0 Å². The first kappa shape index (κ1) is 15.3. The zero-order chi connectivity index (χ0) is 14.5. The number of anilines is 1. The van der Waals surface area contributed by atoms with Crippen LogP contribution in [0.3, 0.4) is 0 Å². The lowest BCUT2D eigenvalue weighted by Crippen LogP contribution is -2.40. The Morgan fingerprint density at radius 3 is 2.68 bits per heavy atom. The third-order valence-corrected chi connectivity index (χ3v) is 3.24. The summed E-state index contributed by atoms with van der Waals surface area (Å²) in [6.07, 6.45) is 0.794. The zero-order valence-electron chi connectivity index (χ0n) is 11.8. The van der Waals surface area contributed by atoms with Crippen LogP contribution in [0.15, 0.2) is 18.2 Å². The topological polar surface area (TPSA) is 72.5 Å². The summed E-state index contributed by atoms with van der Waals surface area (Å²) < 4.78 is 6.03. The molecule has 1 aromatic carbocycles. The number of rotatable bonds is 6. The smallest absolute Gasteiger partial charge is 0.341 e. The van der Waals surface area contributed by atoms with Crippen molar-refractivity contribution in [1.82, 2.24) is 0 Å². The van der Waals surface area contributed by atoms with Crippen molar-refractivity contribution in [1.29, 1.82) is 0 Å².